The summed E-state index contributed by atoms with van der Waals surface area (Å²) < 4.78 is 1.96. The Kier molecular flexibility index (Phi) is 3.86. The summed E-state index contributed by atoms with van der Waals surface area (Å²) >= 11 is 1.70. The van der Waals surface area contributed by atoms with Crippen LogP contribution in [0, 0.1) is 0 Å². The number of hydrogen-bond donors (Lipinski definition) is 0. The molecule has 4 rings (SSSR count). The quantitative estimate of drug-likeness (QED) is 0.545. The highest BCUT2D eigenvalue weighted by atomic mass is 32.1. The number of aryl methyl sites for hydroxylation is 2. The normalized spacial score (nSPS) is 11.2. The lowest BCUT2D eigenvalue weighted by molar-refractivity contribution is 0.840. The van der Waals surface area contributed by atoms with Crippen LogP contribution >= 0.6 is 11.3 Å². The molecule has 4 nitrogen and oxygen atoms in total. The third-order valence-electron chi connectivity index (χ3n) is 4.12. The summed E-state index contributed by atoms with van der Waals surface area (Å²) in [5.41, 5.74) is 3.43. The Morgan fingerprint density at radius 2 is 2.00 bits per heavy atom. The van der Waals surface area contributed by atoms with Gasteiger partial charge in [0.25, 0.3) is 0 Å². The molecular weight excluding hydrogens is 316 g/mol. The molecule has 0 amide bonds. The fourth-order valence-corrected chi connectivity index (χ4v) is 3.92. The van der Waals surface area contributed by atoms with Crippen molar-refractivity contribution in [3.63, 3.8) is 0 Å². The maximum absolute atomic E-state index is 4.74. The Balaban J connectivity index is 1.92. The van der Waals surface area contributed by atoms with Gasteiger partial charge in [-0.3, -0.25) is 0 Å². The molecule has 0 fully saturated rings. The van der Waals surface area contributed by atoms with Crippen molar-refractivity contribution in [2.24, 2.45) is 0 Å². The Morgan fingerprint density at radius 3 is 2.79 bits per heavy atom. The highest BCUT2D eigenvalue weighted by molar-refractivity contribution is 7.21. The number of hydrogen-bond acceptors (Lipinski definition) is 4. The van der Waals surface area contributed by atoms with Crippen LogP contribution in [0.15, 0.2) is 48.8 Å². The summed E-state index contributed by atoms with van der Waals surface area (Å²) in [5, 5.41) is 5.79. The van der Waals surface area contributed by atoms with Crippen LogP contribution in [0.2, 0.25) is 0 Å². The first-order chi connectivity index (χ1) is 11.8. The van der Waals surface area contributed by atoms with Gasteiger partial charge in [-0.1, -0.05) is 26.0 Å². The Hall–Kier alpha value is -2.53. The smallest absolute Gasteiger partial charge is 0.154 e. The van der Waals surface area contributed by atoms with E-state index in [1.54, 1.807) is 11.3 Å². The average Bonchev–Trinajstić information content (AvgIpc) is 3.24. The molecule has 0 aliphatic heterocycles. The molecule has 0 aromatic carbocycles. The van der Waals surface area contributed by atoms with Crippen molar-refractivity contribution in [3.05, 3.63) is 60.0 Å². The maximum atomic E-state index is 4.74. The number of fused-ring (bicyclic) bond motifs is 1. The molecule has 120 valence electrons. The van der Waals surface area contributed by atoms with E-state index in [0.29, 0.717) is 0 Å². The van der Waals surface area contributed by atoms with Crippen LogP contribution in [0.4, 0.5) is 0 Å². The van der Waals surface area contributed by atoms with Crippen molar-refractivity contribution in [2.45, 2.75) is 26.7 Å². The highest BCUT2D eigenvalue weighted by Gasteiger charge is 2.17. The predicted octanol–water partition coefficient (Wildman–Crippen LogP) is 4.67. The van der Waals surface area contributed by atoms with E-state index in [2.05, 4.69) is 42.1 Å². The third kappa shape index (κ3) is 2.51. The van der Waals surface area contributed by atoms with Crippen molar-refractivity contribution in [1.82, 2.24) is 19.7 Å². The minimum atomic E-state index is 0.870. The number of thiophene rings is 1. The lowest BCUT2D eigenvalue weighted by Crippen LogP contribution is -2.03. The Morgan fingerprint density at radius 1 is 1.08 bits per heavy atom. The van der Waals surface area contributed by atoms with Gasteiger partial charge >= 0.3 is 0 Å². The summed E-state index contributed by atoms with van der Waals surface area (Å²) in [7, 11) is 0. The van der Waals surface area contributed by atoms with Crippen LogP contribution in [0.25, 0.3) is 26.6 Å². The molecule has 0 radical (unpaired) electrons. The standard InChI is InChI=1S/C19H18N4S/c1-3-13-12-21-23(17-9-5-8-15(4-2)22-17)18(13)16-11-14-7-6-10-20-19(14)24-16/h5-12H,3-4H2,1-2H3. The monoisotopic (exact) mass is 334 g/mol. The molecule has 0 spiro atoms. The van der Waals surface area contributed by atoms with E-state index < -0.39 is 0 Å². The first-order valence-electron chi connectivity index (χ1n) is 8.18. The van der Waals surface area contributed by atoms with Crippen LogP contribution < -0.4 is 0 Å². The van der Waals surface area contributed by atoms with Gasteiger partial charge in [0.15, 0.2) is 5.82 Å². The van der Waals surface area contributed by atoms with Crippen molar-refractivity contribution < 1.29 is 0 Å². The van der Waals surface area contributed by atoms with E-state index in [9.17, 15) is 0 Å². The molecule has 0 aliphatic carbocycles. The van der Waals surface area contributed by atoms with Gasteiger partial charge in [-0.05, 0) is 42.7 Å². The molecule has 5 heteroatoms. The SMILES string of the molecule is CCc1cccc(-n2ncc(CC)c2-c2cc3cccnc3s2)n1. The van der Waals surface area contributed by atoms with Gasteiger partial charge in [-0.15, -0.1) is 11.3 Å². The minimum Gasteiger partial charge on any atom is -0.245 e. The van der Waals surface area contributed by atoms with E-state index >= 15 is 0 Å². The van der Waals surface area contributed by atoms with Crippen LogP contribution in [0.3, 0.4) is 0 Å². The van der Waals surface area contributed by atoms with Gasteiger partial charge in [0, 0.05) is 17.3 Å². The van der Waals surface area contributed by atoms with E-state index in [0.717, 1.165) is 34.9 Å². The number of pyridine rings is 2. The fraction of sp³-hybridized carbons (Fsp3) is 0.211. The lowest BCUT2D eigenvalue weighted by Gasteiger charge is -2.08. The van der Waals surface area contributed by atoms with Crippen molar-refractivity contribution >= 4 is 21.6 Å². The molecule has 0 saturated carbocycles. The van der Waals surface area contributed by atoms with Gasteiger partial charge in [-0.2, -0.15) is 5.10 Å². The number of rotatable bonds is 4. The third-order valence-corrected chi connectivity index (χ3v) is 5.19. The molecule has 4 aromatic rings. The topological polar surface area (TPSA) is 43.6 Å². The number of nitrogens with zero attached hydrogens (tertiary/aromatic N) is 4. The van der Waals surface area contributed by atoms with Gasteiger partial charge in [0.05, 0.1) is 16.8 Å². The first-order valence-corrected chi connectivity index (χ1v) is 9.00. The second-order valence-corrected chi connectivity index (χ2v) is 6.66. The second-order valence-electron chi connectivity index (χ2n) is 5.63. The summed E-state index contributed by atoms with van der Waals surface area (Å²) in [5.74, 6) is 0.870. The van der Waals surface area contributed by atoms with E-state index in [1.165, 1.54) is 15.8 Å². The molecular formula is C19H18N4S. The summed E-state index contributed by atoms with van der Waals surface area (Å²) in [6.45, 7) is 4.28. The maximum Gasteiger partial charge on any atom is 0.154 e. The lowest BCUT2D eigenvalue weighted by atomic mass is 10.1. The molecule has 4 heterocycles. The van der Waals surface area contributed by atoms with E-state index in [-0.39, 0.29) is 0 Å². The van der Waals surface area contributed by atoms with Crippen molar-refractivity contribution in [2.75, 3.05) is 0 Å². The van der Waals surface area contributed by atoms with E-state index in [1.807, 2.05) is 35.3 Å². The molecule has 24 heavy (non-hydrogen) atoms. The second kappa shape index (κ2) is 6.17. The predicted molar refractivity (Wildman–Crippen MR) is 98.7 cm³/mol. The summed E-state index contributed by atoms with van der Waals surface area (Å²) in [4.78, 5) is 11.4. The molecule has 0 bridgehead atoms. The Bertz CT molecular complexity index is 966. The van der Waals surface area contributed by atoms with Crippen LogP contribution in [-0.4, -0.2) is 19.7 Å². The van der Waals surface area contributed by atoms with Crippen molar-refractivity contribution in [3.8, 4) is 16.4 Å². The largest absolute Gasteiger partial charge is 0.245 e. The zero-order valence-electron chi connectivity index (χ0n) is 13.7. The van der Waals surface area contributed by atoms with Crippen LogP contribution in [0.1, 0.15) is 25.1 Å². The fourth-order valence-electron chi connectivity index (χ4n) is 2.85. The molecule has 0 unspecified atom stereocenters. The van der Waals surface area contributed by atoms with Gasteiger partial charge in [0.2, 0.25) is 0 Å². The van der Waals surface area contributed by atoms with E-state index in [4.69, 9.17) is 4.98 Å². The van der Waals surface area contributed by atoms with Gasteiger partial charge in [0.1, 0.15) is 4.83 Å². The molecule has 0 N–H and O–H groups in total. The average molecular weight is 334 g/mol. The molecule has 0 atom stereocenters. The zero-order valence-corrected chi connectivity index (χ0v) is 14.5. The van der Waals surface area contributed by atoms with Crippen molar-refractivity contribution in [1.29, 1.82) is 0 Å². The molecule has 0 saturated heterocycles. The summed E-state index contributed by atoms with van der Waals surface area (Å²) in [6.07, 6.45) is 5.64. The first kappa shape index (κ1) is 15.0. The minimum absolute atomic E-state index is 0.870. The van der Waals surface area contributed by atoms with Crippen LogP contribution in [-0.2, 0) is 12.8 Å². The zero-order chi connectivity index (χ0) is 16.5. The Labute approximate surface area is 144 Å². The van der Waals surface area contributed by atoms with Crippen LogP contribution in [0.5, 0.6) is 0 Å². The molecule has 0 aliphatic rings. The van der Waals surface area contributed by atoms with Gasteiger partial charge < -0.3 is 0 Å². The summed E-state index contributed by atoms with van der Waals surface area (Å²) in [6, 6.07) is 12.4. The van der Waals surface area contributed by atoms with Gasteiger partial charge in [-0.25, -0.2) is 14.6 Å². The molecule has 4 aromatic heterocycles. The highest BCUT2D eigenvalue weighted by Crippen LogP contribution is 2.35. The number of aromatic nitrogens is 4.